The molecule has 0 unspecified atom stereocenters. The SMILES string of the molecule is CC(C)(C)OC(=O)N1CCCN1c1ccc2nnc(-c3ccccc3F)n2n1. The third-order valence-corrected chi connectivity index (χ3v) is 4.26. The Morgan fingerprint density at radius 1 is 1.11 bits per heavy atom. The van der Waals surface area contributed by atoms with Crippen molar-refractivity contribution in [1.82, 2.24) is 24.8 Å². The minimum Gasteiger partial charge on any atom is -0.442 e. The first-order chi connectivity index (χ1) is 13.3. The lowest BCUT2D eigenvalue weighted by Gasteiger charge is -2.30. The van der Waals surface area contributed by atoms with Crippen LogP contribution in [0.1, 0.15) is 27.2 Å². The van der Waals surface area contributed by atoms with Crippen LogP contribution in [-0.4, -0.2) is 49.6 Å². The van der Waals surface area contributed by atoms with Crippen molar-refractivity contribution >= 4 is 17.6 Å². The van der Waals surface area contributed by atoms with Gasteiger partial charge in [-0.1, -0.05) is 12.1 Å². The van der Waals surface area contributed by atoms with E-state index < -0.39 is 17.5 Å². The summed E-state index contributed by atoms with van der Waals surface area (Å²) in [6, 6.07) is 9.84. The minimum atomic E-state index is -0.588. The number of hydrogen-bond donors (Lipinski definition) is 0. The zero-order chi connectivity index (χ0) is 19.9. The van der Waals surface area contributed by atoms with Gasteiger partial charge in [0.05, 0.1) is 5.56 Å². The summed E-state index contributed by atoms with van der Waals surface area (Å²) in [5.41, 5.74) is 0.213. The number of fused-ring (bicyclic) bond motifs is 1. The quantitative estimate of drug-likeness (QED) is 0.675. The van der Waals surface area contributed by atoms with Crippen molar-refractivity contribution in [3.05, 3.63) is 42.2 Å². The molecule has 0 radical (unpaired) electrons. The molecule has 2 aromatic heterocycles. The fraction of sp³-hybridized carbons (Fsp3) is 0.368. The Balaban J connectivity index is 1.70. The average Bonchev–Trinajstić information content (AvgIpc) is 3.27. The van der Waals surface area contributed by atoms with Crippen molar-refractivity contribution in [2.75, 3.05) is 18.1 Å². The van der Waals surface area contributed by atoms with Gasteiger partial charge in [-0.2, -0.15) is 4.52 Å². The van der Waals surface area contributed by atoms with E-state index >= 15 is 0 Å². The number of ether oxygens (including phenoxy) is 1. The van der Waals surface area contributed by atoms with Crippen LogP contribution in [0.2, 0.25) is 0 Å². The molecule has 1 amide bonds. The van der Waals surface area contributed by atoms with Gasteiger partial charge < -0.3 is 4.74 Å². The molecule has 1 aliphatic heterocycles. The zero-order valence-electron chi connectivity index (χ0n) is 16.0. The van der Waals surface area contributed by atoms with Crippen LogP contribution in [0.5, 0.6) is 0 Å². The number of benzene rings is 1. The van der Waals surface area contributed by atoms with Gasteiger partial charge in [-0.15, -0.1) is 15.3 Å². The maximum absolute atomic E-state index is 14.2. The molecule has 0 N–H and O–H groups in total. The number of hydrazine groups is 1. The maximum atomic E-state index is 14.2. The lowest BCUT2D eigenvalue weighted by molar-refractivity contribution is 0.0272. The molecule has 0 aliphatic carbocycles. The molecule has 8 nitrogen and oxygen atoms in total. The lowest BCUT2D eigenvalue weighted by atomic mass is 10.2. The van der Waals surface area contributed by atoms with Crippen molar-refractivity contribution < 1.29 is 13.9 Å². The fourth-order valence-corrected chi connectivity index (χ4v) is 3.08. The second-order valence-electron chi connectivity index (χ2n) is 7.55. The topological polar surface area (TPSA) is 75.9 Å². The molecule has 9 heteroatoms. The standard InChI is InChI=1S/C19H21FN6O2/c1-19(2,3)28-18(27)25-12-6-11-24(25)16-10-9-15-21-22-17(26(15)23-16)13-7-4-5-8-14(13)20/h4-5,7-10H,6,11-12H2,1-3H3. The van der Waals surface area contributed by atoms with E-state index in [0.717, 1.165) is 6.42 Å². The Hall–Kier alpha value is -3.23. The Bertz CT molecular complexity index is 1030. The molecule has 28 heavy (non-hydrogen) atoms. The predicted octanol–water partition coefficient (Wildman–Crippen LogP) is 3.29. The van der Waals surface area contributed by atoms with Gasteiger partial charge in [0.15, 0.2) is 17.3 Å². The van der Waals surface area contributed by atoms with Crippen molar-refractivity contribution in [3.8, 4) is 11.4 Å². The Morgan fingerprint density at radius 3 is 2.64 bits per heavy atom. The van der Waals surface area contributed by atoms with Gasteiger partial charge in [-0.05, 0) is 51.5 Å². The van der Waals surface area contributed by atoms with Crippen molar-refractivity contribution in [2.45, 2.75) is 32.8 Å². The van der Waals surface area contributed by atoms with Gasteiger partial charge in [0.1, 0.15) is 11.4 Å². The molecule has 1 saturated heterocycles. The number of carbonyl (C=O) groups is 1. The smallest absolute Gasteiger partial charge is 0.429 e. The Morgan fingerprint density at radius 2 is 1.89 bits per heavy atom. The van der Waals surface area contributed by atoms with E-state index in [0.29, 0.717) is 35.9 Å². The van der Waals surface area contributed by atoms with Crippen LogP contribution in [0.4, 0.5) is 15.0 Å². The second-order valence-corrected chi connectivity index (χ2v) is 7.55. The number of anilines is 1. The predicted molar refractivity (Wildman–Crippen MR) is 101 cm³/mol. The molecule has 1 aromatic carbocycles. The largest absolute Gasteiger partial charge is 0.442 e. The van der Waals surface area contributed by atoms with E-state index in [9.17, 15) is 9.18 Å². The van der Waals surface area contributed by atoms with Gasteiger partial charge in [-0.3, -0.25) is 5.01 Å². The van der Waals surface area contributed by atoms with Crippen LogP contribution in [-0.2, 0) is 4.74 Å². The van der Waals surface area contributed by atoms with E-state index in [1.165, 1.54) is 15.6 Å². The summed E-state index contributed by atoms with van der Waals surface area (Å²) in [7, 11) is 0. The van der Waals surface area contributed by atoms with E-state index in [2.05, 4.69) is 15.3 Å². The van der Waals surface area contributed by atoms with Gasteiger partial charge in [0, 0.05) is 13.1 Å². The van der Waals surface area contributed by atoms with Crippen molar-refractivity contribution in [1.29, 1.82) is 0 Å². The molecular weight excluding hydrogens is 363 g/mol. The molecule has 0 bridgehead atoms. The summed E-state index contributed by atoms with van der Waals surface area (Å²) >= 11 is 0. The molecular formula is C19H21FN6O2. The molecule has 0 saturated carbocycles. The number of carbonyl (C=O) groups excluding carboxylic acids is 1. The summed E-state index contributed by atoms with van der Waals surface area (Å²) < 4.78 is 21.2. The monoisotopic (exact) mass is 384 g/mol. The van der Waals surface area contributed by atoms with Gasteiger partial charge in [0.25, 0.3) is 0 Å². The number of nitrogens with zero attached hydrogens (tertiary/aromatic N) is 6. The van der Waals surface area contributed by atoms with Crippen LogP contribution >= 0.6 is 0 Å². The Labute approximate surface area is 161 Å². The number of hydrogen-bond acceptors (Lipinski definition) is 6. The van der Waals surface area contributed by atoms with Crippen LogP contribution in [0.15, 0.2) is 36.4 Å². The molecule has 3 heterocycles. The Kier molecular flexibility index (Phi) is 4.37. The number of rotatable bonds is 2. The maximum Gasteiger partial charge on any atom is 0.429 e. The summed E-state index contributed by atoms with van der Waals surface area (Å²) in [6.45, 7) is 6.64. The molecule has 3 aromatic rings. The molecule has 0 atom stereocenters. The lowest BCUT2D eigenvalue weighted by Crippen LogP contribution is -2.44. The number of aromatic nitrogens is 4. The molecule has 4 rings (SSSR count). The molecule has 1 fully saturated rings. The summed E-state index contributed by atoms with van der Waals surface area (Å²) in [4.78, 5) is 12.5. The highest BCUT2D eigenvalue weighted by Gasteiger charge is 2.32. The fourth-order valence-electron chi connectivity index (χ4n) is 3.08. The highest BCUT2D eigenvalue weighted by atomic mass is 19.1. The van der Waals surface area contributed by atoms with Crippen LogP contribution in [0.25, 0.3) is 17.0 Å². The van der Waals surface area contributed by atoms with Crippen molar-refractivity contribution in [3.63, 3.8) is 0 Å². The van der Waals surface area contributed by atoms with Gasteiger partial charge in [-0.25, -0.2) is 14.2 Å². The molecule has 146 valence electrons. The minimum absolute atomic E-state index is 0.304. The van der Waals surface area contributed by atoms with Gasteiger partial charge >= 0.3 is 6.09 Å². The third kappa shape index (κ3) is 3.35. The second kappa shape index (κ2) is 6.74. The van der Waals surface area contributed by atoms with E-state index in [4.69, 9.17) is 4.74 Å². The average molecular weight is 384 g/mol. The van der Waals surface area contributed by atoms with Crippen LogP contribution < -0.4 is 5.01 Å². The molecule has 0 spiro atoms. The summed E-state index contributed by atoms with van der Waals surface area (Å²) in [6.07, 6.45) is 0.367. The van der Waals surface area contributed by atoms with E-state index in [1.807, 2.05) is 20.8 Å². The summed E-state index contributed by atoms with van der Waals surface area (Å²) in [5.74, 6) is 0.437. The normalized spacial score (nSPS) is 14.7. The first-order valence-corrected chi connectivity index (χ1v) is 9.09. The van der Waals surface area contributed by atoms with E-state index in [-0.39, 0.29) is 0 Å². The van der Waals surface area contributed by atoms with Crippen LogP contribution in [0.3, 0.4) is 0 Å². The first kappa shape index (κ1) is 18.1. The zero-order valence-corrected chi connectivity index (χ0v) is 16.0. The van der Waals surface area contributed by atoms with E-state index in [1.54, 1.807) is 35.3 Å². The first-order valence-electron chi connectivity index (χ1n) is 9.09. The highest BCUT2D eigenvalue weighted by Crippen LogP contribution is 2.25. The van der Waals surface area contributed by atoms with Gasteiger partial charge in [0.2, 0.25) is 0 Å². The third-order valence-electron chi connectivity index (χ3n) is 4.26. The summed E-state index contributed by atoms with van der Waals surface area (Å²) in [5, 5.41) is 16.0. The highest BCUT2D eigenvalue weighted by molar-refractivity contribution is 5.71. The van der Waals surface area contributed by atoms with Crippen LogP contribution in [0, 0.1) is 5.82 Å². The van der Waals surface area contributed by atoms with Crippen molar-refractivity contribution in [2.24, 2.45) is 0 Å². The number of halogens is 1. The molecule has 1 aliphatic rings. The number of amides is 1.